The highest BCUT2D eigenvalue weighted by molar-refractivity contribution is 5.87. The first-order chi connectivity index (χ1) is 17.5. The number of guanidine groups is 1. The molecule has 2 aromatic carbocycles. The quantitative estimate of drug-likeness (QED) is 0.0690. The summed E-state index contributed by atoms with van der Waals surface area (Å²) in [6, 6.07) is 11.5. The Balaban J connectivity index is 2.20. The fourth-order valence-corrected chi connectivity index (χ4v) is 3.48. The molecule has 0 radical (unpaired) electrons. The van der Waals surface area contributed by atoms with Crippen LogP contribution in [0.1, 0.15) is 29.5 Å². The molecular weight excluding hydrogens is 484 g/mol. The number of primary amides is 2. The lowest BCUT2D eigenvalue weighted by Gasteiger charge is -2.30. The summed E-state index contributed by atoms with van der Waals surface area (Å²) in [5.74, 6) is -1.42. The average molecular weight is 515 g/mol. The first kappa shape index (κ1) is 28.4. The maximum absolute atomic E-state index is 13.3. The van der Waals surface area contributed by atoms with Crippen LogP contribution in [-0.2, 0) is 29.1 Å². The summed E-state index contributed by atoms with van der Waals surface area (Å²) in [7, 11) is 0. The van der Waals surface area contributed by atoms with Crippen molar-refractivity contribution in [3.05, 3.63) is 75.3 Å². The molecule has 0 unspecified atom stereocenters. The highest BCUT2D eigenvalue weighted by Gasteiger charge is 2.28. The Morgan fingerprint density at radius 2 is 1.59 bits per heavy atom. The number of nitrogens with zero attached hydrogens (tertiary/aromatic N) is 3. The number of rotatable bonds is 13. The molecule has 14 nitrogen and oxygen atoms in total. The lowest BCUT2D eigenvalue weighted by atomic mass is 10.0. The molecule has 0 aromatic heterocycles. The van der Waals surface area contributed by atoms with E-state index in [2.05, 4.69) is 10.3 Å². The number of amides is 4. The number of hydrogen-bond donors (Lipinski definition) is 6. The number of nitro groups is 1. The van der Waals surface area contributed by atoms with Crippen LogP contribution in [0.25, 0.3) is 0 Å². The number of nitrogens with two attached hydrogens (primary N) is 3. The van der Waals surface area contributed by atoms with Crippen LogP contribution < -0.4 is 27.9 Å². The number of benzene rings is 2. The van der Waals surface area contributed by atoms with Gasteiger partial charge in [-0.15, -0.1) is 0 Å². The van der Waals surface area contributed by atoms with Gasteiger partial charge in [-0.05, 0) is 41.7 Å². The second kappa shape index (κ2) is 13.9. The Kier molecular flexibility index (Phi) is 10.6. The van der Waals surface area contributed by atoms with Gasteiger partial charge in [-0.1, -0.05) is 41.8 Å². The molecule has 2 rings (SSSR count). The Morgan fingerprint density at radius 3 is 2.16 bits per heavy atom. The third-order valence-electron chi connectivity index (χ3n) is 5.28. The van der Waals surface area contributed by atoms with Crippen LogP contribution in [-0.4, -0.2) is 51.4 Å². The number of carbonyl (C=O) groups is 3. The lowest BCUT2D eigenvalue weighted by Crippen LogP contribution is -2.48. The van der Waals surface area contributed by atoms with Gasteiger partial charge in [-0.3, -0.25) is 9.59 Å². The molecule has 4 amide bonds. The topological polar surface area (TPSA) is 232 Å². The third kappa shape index (κ3) is 10.1. The molecular formula is C23H30N8O6. The number of aliphatic imine (C=N–C) groups is 1. The number of phenols is 1. The molecule has 1 atom stereocenters. The predicted molar refractivity (Wildman–Crippen MR) is 134 cm³/mol. The van der Waals surface area contributed by atoms with Crippen molar-refractivity contribution in [3.63, 3.8) is 0 Å². The number of nitrogens with one attached hydrogen (secondary N) is 2. The largest absolute Gasteiger partial charge is 0.508 e. The van der Waals surface area contributed by atoms with E-state index in [0.717, 1.165) is 5.56 Å². The summed E-state index contributed by atoms with van der Waals surface area (Å²) in [4.78, 5) is 52.2. The molecule has 0 bridgehead atoms. The molecule has 0 spiro atoms. The molecule has 0 aliphatic carbocycles. The van der Waals surface area contributed by atoms with Crippen LogP contribution in [0.2, 0.25) is 0 Å². The lowest BCUT2D eigenvalue weighted by molar-refractivity contribution is -0.525. The smallest absolute Gasteiger partial charge is 0.312 e. The van der Waals surface area contributed by atoms with Crippen molar-refractivity contribution in [2.45, 2.75) is 38.4 Å². The zero-order valence-corrected chi connectivity index (χ0v) is 20.0. The number of hydrazine groups is 1. The van der Waals surface area contributed by atoms with Crippen molar-refractivity contribution < 1.29 is 24.5 Å². The fraction of sp³-hybridized carbons (Fsp3) is 0.304. The van der Waals surface area contributed by atoms with Gasteiger partial charge in [0.05, 0.1) is 6.42 Å². The van der Waals surface area contributed by atoms with Gasteiger partial charge in [-0.25, -0.2) is 19.9 Å². The maximum atomic E-state index is 13.3. The summed E-state index contributed by atoms with van der Waals surface area (Å²) in [5, 5.41) is 21.6. The first-order valence-corrected chi connectivity index (χ1v) is 11.2. The monoisotopic (exact) mass is 514 g/mol. The van der Waals surface area contributed by atoms with Crippen molar-refractivity contribution in [2.75, 3.05) is 6.54 Å². The van der Waals surface area contributed by atoms with Gasteiger partial charge in [0.25, 0.3) is 5.96 Å². The van der Waals surface area contributed by atoms with E-state index in [4.69, 9.17) is 17.2 Å². The maximum Gasteiger partial charge on any atom is 0.312 e. The number of aromatic hydroxyl groups is 1. The van der Waals surface area contributed by atoms with Gasteiger partial charge in [0.15, 0.2) is 5.03 Å². The zero-order valence-electron chi connectivity index (χ0n) is 20.0. The standard InChI is InChI=1S/C23H30N8O6/c24-21(34)19(2-1-11-27-22(25)29-31(36)37)30(20(33)12-15-7-9-18(32)10-8-15)14-17-5-3-16(4-6-17)13-28-23(26)35/h3-10,19,32H,1-2,11-14H2,(H2,24,34)(H3,25,27,29)(H3,26,28,35)/t19-/m1/s1. The molecule has 37 heavy (non-hydrogen) atoms. The van der Waals surface area contributed by atoms with E-state index in [1.807, 2.05) is 0 Å². The molecule has 2 aromatic rings. The summed E-state index contributed by atoms with van der Waals surface area (Å²) >= 11 is 0. The van der Waals surface area contributed by atoms with E-state index in [0.29, 0.717) is 11.1 Å². The predicted octanol–water partition coefficient (Wildman–Crippen LogP) is -0.138. The van der Waals surface area contributed by atoms with Crippen LogP contribution >= 0.6 is 0 Å². The van der Waals surface area contributed by atoms with Crippen molar-refractivity contribution in [3.8, 4) is 5.75 Å². The second-order valence-electron chi connectivity index (χ2n) is 8.10. The highest BCUT2D eigenvalue weighted by Crippen LogP contribution is 2.17. The van der Waals surface area contributed by atoms with E-state index in [-0.39, 0.29) is 56.5 Å². The van der Waals surface area contributed by atoms with E-state index >= 15 is 0 Å². The summed E-state index contributed by atoms with van der Waals surface area (Å²) < 4.78 is 0. The first-order valence-electron chi connectivity index (χ1n) is 11.2. The molecule has 14 heteroatoms. The minimum Gasteiger partial charge on any atom is -0.508 e. The molecule has 0 heterocycles. The van der Waals surface area contributed by atoms with Crippen molar-refractivity contribution in [1.29, 1.82) is 0 Å². The molecule has 9 N–H and O–H groups in total. The Morgan fingerprint density at radius 1 is 1.00 bits per heavy atom. The van der Waals surface area contributed by atoms with Crippen molar-refractivity contribution in [2.24, 2.45) is 22.2 Å². The zero-order chi connectivity index (χ0) is 27.4. The van der Waals surface area contributed by atoms with Gasteiger partial charge < -0.3 is 32.5 Å². The number of phenolic OH excluding ortho intramolecular Hbond substituents is 1. The minimum absolute atomic E-state index is 0.0392. The molecule has 0 saturated carbocycles. The van der Waals surface area contributed by atoms with Gasteiger partial charge in [0.2, 0.25) is 11.8 Å². The summed E-state index contributed by atoms with van der Waals surface area (Å²) in [6.07, 6.45) is 0.378. The molecule has 0 fully saturated rings. The summed E-state index contributed by atoms with van der Waals surface area (Å²) in [5.41, 5.74) is 20.0. The molecule has 0 aliphatic rings. The Labute approximate surface area is 212 Å². The van der Waals surface area contributed by atoms with E-state index < -0.39 is 23.0 Å². The molecule has 0 aliphatic heterocycles. The van der Waals surface area contributed by atoms with Crippen LogP contribution in [0.5, 0.6) is 5.75 Å². The SMILES string of the molecule is NC(=O)NCc1ccc(CN(C(=O)Cc2ccc(O)cc2)[C@H](CCCN=C(N)N[N+](=O)[O-])C(N)=O)cc1. The van der Waals surface area contributed by atoms with Crippen LogP contribution in [0.4, 0.5) is 4.79 Å². The van der Waals surface area contributed by atoms with Crippen LogP contribution in [0.15, 0.2) is 53.5 Å². The van der Waals surface area contributed by atoms with E-state index in [1.165, 1.54) is 17.0 Å². The van der Waals surface area contributed by atoms with Gasteiger partial charge >= 0.3 is 6.03 Å². The number of carbonyl (C=O) groups excluding carboxylic acids is 3. The van der Waals surface area contributed by atoms with E-state index in [9.17, 15) is 29.6 Å². The van der Waals surface area contributed by atoms with Crippen LogP contribution in [0.3, 0.4) is 0 Å². The van der Waals surface area contributed by atoms with Crippen molar-refractivity contribution >= 4 is 23.8 Å². The highest BCUT2D eigenvalue weighted by atomic mass is 16.7. The Bertz CT molecular complexity index is 1120. The van der Waals surface area contributed by atoms with Gasteiger partial charge in [0.1, 0.15) is 11.8 Å². The number of urea groups is 1. The van der Waals surface area contributed by atoms with Crippen molar-refractivity contribution in [1.82, 2.24) is 15.6 Å². The second-order valence-corrected chi connectivity index (χ2v) is 8.10. The minimum atomic E-state index is -0.985. The fourth-order valence-electron chi connectivity index (χ4n) is 3.48. The normalized spacial score (nSPS) is 11.8. The van der Waals surface area contributed by atoms with Crippen LogP contribution in [0, 0.1) is 10.1 Å². The Hall–Kier alpha value is -4.88. The molecule has 198 valence electrons. The van der Waals surface area contributed by atoms with Gasteiger partial charge in [-0.2, -0.15) is 0 Å². The summed E-state index contributed by atoms with van der Waals surface area (Å²) in [6.45, 7) is 0.373. The van der Waals surface area contributed by atoms with E-state index in [1.54, 1.807) is 41.8 Å². The number of hydrogen-bond acceptors (Lipinski definition) is 7. The average Bonchev–Trinajstić information content (AvgIpc) is 2.83. The van der Waals surface area contributed by atoms with Gasteiger partial charge in [0, 0.05) is 19.6 Å². The third-order valence-corrected chi connectivity index (χ3v) is 5.28. The molecule has 0 saturated heterocycles.